The number of benzene rings is 2. The molecule has 0 spiro atoms. The fraction of sp³-hybridized carbons (Fsp3) is 0.364. The Hall–Kier alpha value is -1.89. The summed E-state index contributed by atoms with van der Waals surface area (Å²) in [6.07, 6.45) is 0. The molecule has 8 heteroatoms. The molecular weight excluding hydrogens is 443 g/mol. The third-order valence-electron chi connectivity index (χ3n) is 4.48. The van der Waals surface area contributed by atoms with Gasteiger partial charge in [-0.05, 0) is 49.2 Å². The lowest BCUT2D eigenvalue weighted by molar-refractivity contribution is -0.138. The van der Waals surface area contributed by atoms with E-state index < -0.39 is 6.04 Å². The monoisotopic (exact) mass is 468 g/mol. The molecule has 1 N–H and O–H groups in total. The SMILES string of the molecule is CCNC(=O)[C@H](C)N(Cc1cccc(OC)c1)C(=O)CSCc1ccc(Cl)c(Cl)c1. The van der Waals surface area contributed by atoms with Crippen LogP contribution in [0.25, 0.3) is 0 Å². The number of halogens is 2. The molecule has 0 radical (unpaired) electrons. The summed E-state index contributed by atoms with van der Waals surface area (Å²) in [7, 11) is 1.60. The Labute approximate surface area is 192 Å². The molecule has 30 heavy (non-hydrogen) atoms. The van der Waals surface area contributed by atoms with Crippen LogP contribution in [0.2, 0.25) is 10.0 Å². The molecule has 0 aromatic heterocycles. The van der Waals surface area contributed by atoms with E-state index in [2.05, 4.69) is 5.32 Å². The summed E-state index contributed by atoms with van der Waals surface area (Å²) in [6, 6.07) is 12.3. The first-order valence-electron chi connectivity index (χ1n) is 9.57. The quantitative estimate of drug-likeness (QED) is 0.544. The summed E-state index contributed by atoms with van der Waals surface area (Å²) in [5.41, 5.74) is 1.88. The number of rotatable bonds is 10. The number of nitrogens with zero attached hydrogens (tertiary/aromatic N) is 1. The predicted octanol–water partition coefficient (Wildman–Crippen LogP) is 4.79. The van der Waals surface area contributed by atoms with Crippen molar-refractivity contribution in [3.05, 3.63) is 63.6 Å². The van der Waals surface area contributed by atoms with Crippen LogP contribution in [0.15, 0.2) is 42.5 Å². The van der Waals surface area contributed by atoms with E-state index in [4.69, 9.17) is 27.9 Å². The van der Waals surface area contributed by atoms with Crippen molar-refractivity contribution in [2.45, 2.75) is 32.2 Å². The lowest BCUT2D eigenvalue weighted by Gasteiger charge is -2.28. The maximum atomic E-state index is 13.0. The predicted molar refractivity (Wildman–Crippen MR) is 124 cm³/mol. The zero-order valence-corrected chi connectivity index (χ0v) is 19.6. The standard InChI is InChI=1S/C22H26Cl2N2O3S/c1-4-25-22(28)15(2)26(12-16-6-5-7-18(10-16)29-3)21(27)14-30-13-17-8-9-19(23)20(24)11-17/h5-11,15H,4,12-14H2,1-3H3,(H,25,28)/t15-/m0/s1. The molecule has 0 fully saturated rings. The van der Waals surface area contributed by atoms with Crippen LogP contribution in [-0.4, -0.2) is 42.2 Å². The van der Waals surface area contributed by atoms with Gasteiger partial charge in [0.1, 0.15) is 11.8 Å². The van der Waals surface area contributed by atoms with Gasteiger partial charge < -0.3 is 15.0 Å². The van der Waals surface area contributed by atoms with Crippen molar-refractivity contribution in [3.63, 3.8) is 0 Å². The van der Waals surface area contributed by atoms with E-state index in [9.17, 15) is 9.59 Å². The molecule has 5 nitrogen and oxygen atoms in total. The Kier molecular flexibility index (Phi) is 9.82. The first kappa shape index (κ1) is 24.4. The molecule has 2 amide bonds. The van der Waals surface area contributed by atoms with Crippen LogP contribution in [0.3, 0.4) is 0 Å². The van der Waals surface area contributed by atoms with E-state index in [0.717, 1.165) is 11.1 Å². The van der Waals surface area contributed by atoms with E-state index in [-0.39, 0.29) is 17.6 Å². The highest BCUT2D eigenvalue weighted by Crippen LogP contribution is 2.25. The van der Waals surface area contributed by atoms with Crippen molar-refractivity contribution in [3.8, 4) is 5.75 Å². The Balaban J connectivity index is 2.08. The largest absolute Gasteiger partial charge is 0.497 e. The third kappa shape index (κ3) is 7.11. The first-order valence-corrected chi connectivity index (χ1v) is 11.5. The van der Waals surface area contributed by atoms with Gasteiger partial charge in [-0.15, -0.1) is 11.8 Å². The minimum absolute atomic E-state index is 0.110. The maximum absolute atomic E-state index is 13.0. The number of methoxy groups -OCH3 is 1. The zero-order chi connectivity index (χ0) is 22.1. The molecule has 0 saturated heterocycles. The second-order valence-electron chi connectivity index (χ2n) is 6.68. The lowest BCUT2D eigenvalue weighted by atomic mass is 10.1. The average molecular weight is 469 g/mol. The van der Waals surface area contributed by atoms with Crippen LogP contribution < -0.4 is 10.1 Å². The number of likely N-dealkylation sites (N-methyl/N-ethyl adjacent to an activating group) is 1. The highest BCUT2D eigenvalue weighted by Gasteiger charge is 2.25. The van der Waals surface area contributed by atoms with Crippen LogP contribution in [0.5, 0.6) is 5.75 Å². The first-order chi connectivity index (χ1) is 14.3. The molecule has 1 atom stereocenters. The summed E-state index contributed by atoms with van der Waals surface area (Å²) in [6.45, 7) is 4.43. The number of hydrogen-bond acceptors (Lipinski definition) is 4. The summed E-state index contributed by atoms with van der Waals surface area (Å²) >= 11 is 13.5. The number of nitrogens with one attached hydrogen (secondary N) is 1. The van der Waals surface area contributed by atoms with Crippen molar-refractivity contribution in [2.24, 2.45) is 0 Å². The second-order valence-corrected chi connectivity index (χ2v) is 8.48. The minimum atomic E-state index is -0.589. The smallest absolute Gasteiger partial charge is 0.242 e. The molecule has 162 valence electrons. The number of thioether (sulfide) groups is 1. The molecule has 2 aromatic carbocycles. The molecule has 0 aliphatic heterocycles. The van der Waals surface area contributed by atoms with Gasteiger partial charge in [-0.1, -0.05) is 41.4 Å². The molecule has 0 saturated carbocycles. The van der Waals surface area contributed by atoms with Gasteiger partial charge in [-0.2, -0.15) is 0 Å². The van der Waals surface area contributed by atoms with Gasteiger partial charge in [-0.25, -0.2) is 0 Å². The topological polar surface area (TPSA) is 58.6 Å². The summed E-state index contributed by atoms with van der Waals surface area (Å²) in [4.78, 5) is 27.0. The molecular formula is C22H26Cl2N2O3S. The molecule has 0 bridgehead atoms. The fourth-order valence-electron chi connectivity index (χ4n) is 2.84. The summed E-state index contributed by atoms with van der Waals surface area (Å²) in [5.74, 6) is 1.28. The maximum Gasteiger partial charge on any atom is 0.242 e. The van der Waals surface area contributed by atoms with E-state index in [1.54, 1.807) is 31.1 Å². The van der Waals surface area contributed by atoms with Gasteiger partial charge in [0, 0.05) is 18.8 Å². The minimum Gasteiger partial charge on any atom is -0.497 e. The molecule has 2 rings (SSSR count). The van der Waals surface area contributed by atoms with Crippen LogP contribution in [-0.2, 0) is 21.9 Å². The molecule has 0 aliphatic carbocycles. The Morgan fingerprint density at radius 2 is 1.90 bits per heavy atom. The van der Waals surface area contributed by atoms with E-state index >= 15 is 0 Å². The van der Waals surface area contributed by atoms with Gasteiger partial charge in [0.15, 0.2) is 0 Å². The van der Waals surface area contributed by atoms with Gasteiger partial charge in [0.2, 0.25) is 11.8 Å². The molecule has 0 unspecified atom stereocenters. The zero-order valence-electron chi connectivity index (χ0n) is 17.3. The van der Waals surface area contributed by atoms with Gasteiger partial charge >= 0.3 is 0 Å². The van der Waals surface area contributed by atoms with E-state index in [1.807, 2.05) is 37.3 Å². The Bertz CT molecular complexity index is 879. The van der Waals surface area contributed by atoms with Crippen LogP contribution in [0.4, 0.5) is 0 Å². The van der Waals surface area contributed by atoms with Gasteiger partial charge in [-0.3, -0.25) is 9.59 Å². The van der Waals surface area contributed by atoms with Crippen LogP contribution in [0, 0.1) is 0 Å². The highest BCUT2D eigenvalue weighted by atomic mass is 35.5. The number of hydrogen-bond donors (Lipinski definition) is 1. The molecule has 2 aromatic rings. The number of ether oxygens (including phenoxy) is 1. The van der Waals surface area contributed by atoms with Crippen molar-refractivity contribution in [1.82, 2.24) is 10.2 Å². The average Bonchev–Trinajstić information content (AvgIpc) is 2.74. The third-order valence-corrected chi connectivity index (χ3v) is 6.21. The Morgan fingerprint density at radius 3 is 2.57 bits per heavy atom. The van der Waals surface area contributed by atoms with Crippen LogP contribution in [0.1, 0.15) is 25.0 Å². The molecule has 0 heterocycles. The fourth-order valence-corrected chi connectivity index (χ4v) is 4.02. The van der Waals surface area contributed by atoms with Crippen molar-refractivity contribution < 1.29 is 14.3 Å². The van der Waals surface area contributed by atoms with E-state index in [0.29, 0.717) is 34.6 Å². The second kappa shape index (κ2) is 12.1. The number of carbonyl (C=O) groups is 2. The highest BCUT2D eigenvalue weighted by molar-refractivity contribution is 7.99. The van der Waals surface area contributed by atoms with Crippen molar-refractivity contribution in [1.29, 1.82) is 0 Å². The molecule has 0 aliphatic rings. The normalized spacial score (nSPS) is 11.6. The summed E-state index contributed by atoms with van der Waals surface area (Å²) in [5, 5.41) is 3.78. The van der Waals surface area contributed by atoms with E-state index in [1.165, 1.54) is 11.8 Å². The number of amides is 2. The summed E-state index contributed by atoms with van der Waals surface area (Å²) < 4.78 is 5.27. The lowest BCUT2D eigenvalue weighted by Crippen LogP contribution is -2.48. The van der Waals surface area contributed by atoms with Gasteiger partial charge in [0.25, 0.3) is 0 Å². The number of carbonyl (C=O) groups excluding carboxylic acids is 2. The van der Waals surface area contributed by atoms with Gasteiger partial charge in [0.05, 0.1) is 22.9 Å². The Morgan fingerprint density at radius 1 is 1.13 bits per heavy atom. The van der Waals surface area contributed by atoms with Crippen LogP contribution >= 0.6 is 35.0 Å². The van der Waals surface area contributed by atoms with Crippen molar-refractivity contribution >= 4 is 46.8 Å². The van der Waals surface area contributed by atoms with Crippen molar-refractivity contribution in [2.75, 3.05) is 19.4 Å².